The Morgan fingerprint density at radius 3 is 2.42 bits per heavy atom. The molecule has 1 aliphatic rings. The number of hydrogen-bond donors (Lipinski definition) is 2. The molecule has 0 unspecified atom stereocenters. The topological polar surface area (TPSA) is 122 Å². The van der Waals surface area contributed by atoms with Crippen molar-refractivity contribution < 1.29 is 24.2 Å². The van der Waals surface area contributed by atoms with Gasteiger partial charge in [0.1, 0.15) is 23.1 Å². The Hall–Kier alpha value is -3.93. The van der Waals surface area contributed by atoms with E-state index in [2.05, 4.69) is 16.4 Å². The summed E-state index contributed by atoms with van der Waals surface area (Å²) in [5, 5.41) is 22.4. The highest BCUT2D eigenvalue weighted by Crippen LogP contribution is 2.37. The van der Waals surface area contributed by atoms with Crippen molar-refractivity contribution in [2.24, 2.45) is 0 Å². The first-order valence-electron chi connectivity index (χ1n) is 12.1. The van der Waals surface area contributed by atoms with Gasteiger partial charge in [-0.2, -0.15) is 5.26 Å². The molecule has 1 aromatic heterocycles. The maximum atomic E-state index is 13.0. The van der Waals surface area contributed by atoms with Gasteiger partial charge in [0, 0.05) is 35.1 Å². The lowest BCUT2D eigenvalue weighted by Gasteiger charge is -2.45. The van der Waals surface area contributed by atoms with E-state index in [4.69, 9.17) is 21.1 Å². The van der Waals surface area contributed by atoms with E-state index in [0.29, 0.717) is 29.5 Å². The largest absolute Gasteiger partial charge is 0.478 e. The third kappa shape index (κ3) is 6.13. The van der Waals surface area contributed by atoms with Crippen LogP contribution in [0.25, 0.3) is 11.1 Å². The average Bonchev–Trinajstić information content (AvgIpc) is 2.83. The monoisotopic (exact) mass is 533 g/mol. The number of nitrogens with zero attached hydrogens (tertiary/aromatic N) is 2. The van der Waals surface area contributed by atoms with Crippen LogP contribution in [0, 0.1) is 11.3 Å². The number of ether oxygens (including phenoxy) is 2. The molecular formula is C29H28ClN3O5. The van der Waals surface area contributed by atoms with E-state index in [1.54, 1.807) is 30.3 Å². The molecule has 0 spiro atoms. The van der Waals surface area contributed by atoms with Gasteiger partial charge in [-0.1, -0.05) is 23.7 Å². The van der Waals surface area contributed by atoms with Crippen LogP contribution in [0.4, 0.5) is 0 Å². The van der Waals surface area contributed by atoms with E-state index in [9.17, 15) is 20.0 Å². The van der Waals surface area contributed by atoms with Crippen molar-refractivity contribution in [2.45, 2.75) is 57.8 Å². The molecule has 0 saturated carbocycles. The third-order valence-electron chi connectivity index (χ3n) is 6.21. The van der Waals surface area contributed by atoms with Crippen LogP contribution in [0.2, 0.25) is 5.02 Å². The van der Waals surface area contributed by atoms with Crippen molar-refractivity contribution >= 4 is 23.5 Å². The van der Waals surface area contributed by atoms with Crippen LogP contribution in [-0.2, 0) is 4.74 Å². The molecule has 0 bridgehead atoms. The Morgan fingerprint density at radius 2 is 1.79 bits per heavy atom. The van der Waals surface area contributed by atoms with Crippen molar-refractivity contribution in [1.82, 2.24) is 10.3 Å². The van der Waals surface area contributed by atoms with Crippen LogP contribution in [0.3, 0.4) is 0 Å². The average molecular weight is 534 g/mol. The lowest BCUT2D eigenvalue weighted by molar-refractivity contribution is -0.162. The minimum absolute atomic E-state index is 0.00232. The number of aromatic carboxylic acids is 1. The number of carbonyl (C=O) groups excluding carboxylic acids is 1. The first kappa shape index (κ1) is 27.1. The summed E-state index contributed by atoms with van der Waals surface area (Å²) in [6.45, 7) is 8.06. The van der Waals surface area contributed by atoms with Crippen molar-refractivity contribution in [1.29, 1.82) is 5.26 Å². The second-order valence-corrected chi connectivity index (χ2v) is 10.9. The number of hydrogen-bond acceptors (Lipinski definition) is 6. The zero-order valence-electron chi connectivity index (χ0n) is 21.5. The first-order chi connectivity index (χ1) is 17.9. The van der Waals surface area contributed by atoms with Crippen LogP contribution < -0.4 is 10.1 Å². The molecule has 1 fully saturated rings. The van der Waals surface area contributed by atoms with Gasteiger partial charge in [-0.15, -0.1) is 0 Å². The Morgan fingerprint density at radius 1 is 1.08 bits per heavy atom. The van der Waals surface area contributed by atoms with Crippen molar-refractivity contribution in [2.75, 3.05) is 0 Å². The molecule has 38 heavy (non-hydrogen) atoms. The number of nitrogens with one attached hydrogen (secondary N) is 1. The van der Waals surface area contributed by atoms with Crippen LogP contribution in [0.5, 0.6) is 11.5 Å². The van der Waals surface area contributed by atoms with Gasteiger partial charge in [0.2, 0.25) is 0 Å². The summed E-state index contributed by atoms with van der Waals surface area (Å²) in [6.07, 6.45) is 4.09. The predicted molar refractivity (Wildman–Crippen MR) is 143 cm³/mol. The zero-order valence-corrected chi connectivity index (χ0v) is 22.3. The van der Waals surface area contributed by atoms with E-state index in [1.807, 2.05) is 27.7 Å². The molecule has 0 radical (unpaired) electrons. The van der Waals surface area contributed by atoms with Crippen molar-refractivity contribution in [3.8, 4) is 28.7 Å². The molecule has 9 heteroatoms. The van der Waals surface area contributed by atoms with Gasteiger partial charge in [-0.3, -0.25) is 9.78 Å². The minimum Gasteiger partial charge on any atom is -0.478 e. The highest BCUT2D eigenvalue weighted by molar-refractivity contribution is 6.32. The Balaban J connectivity index is 1.55. The maximum Gasteiger partial charge on any atom is 0.337 e. The lowest BCUT2D eigenvalue weighted by atomic mass is 9.85. The number of benzene rings is 2. The van der Waals surface area contributed by atoms with E-state index in [-0.39, 0.29) is 50.8 Å². The summed E-state index contributed by atoms with van der Waals surface area (Å²) in [5.74, 6) is -0.869. The fourth-order valence-corrected chi connectivity index (χ4v) is 5.20. The molecule has 2 heterocycles. The van der Waals surface area contributed by atoms with Gasteiger partial charge in [0.05, 0.1) is 21.8 Å². The third-order valence-corrected chi connectivity index (χ3v) is 6.51. The number of carbonyl (C=O) groups is 2. The number of nitriles is 1. The number of halogens is 1. The molecular weight excluding hydrogens is 506 g/mol. The predicted octanol–water partition coefficient (Wildman–Crippen LogP) is 6.23. The molecule has 1 amide bonds. The summed E-state index contributed by atoms with van der Waals surface area (Å²) in [4.78, 5) is 28.3. The molecule has 0 atom stereocenters. The minimum atomic E-state index is -1.12. The van der Waals surface area contributed by atoms with Crippen LogP contribution >= 0.6 is 11.6 Å². The smallest absolute Gasteiger partial charge is 0.337 e. The van der Waals surface area contributed by atoms with Gasteiger partial charge in [-0.25, -0.2) is 4.79 Å². The van der Waals surface area contributed by atoms with E-state index in [0.717, 1.165) is 0 Å². The molecule has 3 aromatic rings. The Labute approximate surface area is 226 Å². The summed E-state index contributed by atoms with van der Waals surface area (Å²) < 4.78 is 12.1. The zero-order chi connectivity index (χ0) is 27.7. The fourth-order valence-electron chi connectivity index (χ4n) is 4.98. The molecule has 1 aliphatic heterocycles. The molecule has 4 rings (SSSR count). The first-order valence-corrected chi connectivity index (χ1v) is 12.5. The number of aromatic nitrogens is 1. The van der Waals surface area contributed by atoms with E-state index < -0.39 is 5.97 Å². The van der Waals surface area contributed by atoms with Gasteiger partial charge < -0.3 is 19.9 Å². The van der Waals surface area contributed by atoms with Crippen molar-refractivity contribution in [3.05, 3.63) is 76.6 Å². The molecule has 196 valence electrons. The van der Waals surface area contributed by atoms with Crippen LogP contribution in [0.15, 0.2) is 54.9 Å². The maximum absolute atomic E-state index is 13.0. The number of amides is 1. The second-order valence-electron chi connectivity index (χ2n) is 10.5. The number of rotatable bonds is 6. The van der Waals surface area contributed by atoms with Gasteiger partial charge in [0.15, 0.2) is 0 Å². The number of carboxylic acid groups (broad SMARTS) is 1. The van der Waals surface area contributed by atoms with Crippen LogP contribution in [0.1, 0.15) is 66.8 Å². The second kappa shape index (κ2) is 10.4. The fraction of sp³-hybridized carbons (Fsp3) is 0.310. The van der Waals surface area contributed by atoms with Crippen molar-refractivity contribution in [3.63, 3.8) is 0 Å². The SMILES string of the molecule is CC1(C)CC(NC(=O)c2ccc(Oc3cccc(-c4cncc(C(=O)O)c4)c3C#N)c(Cl)c2)CC(C)(C)O1. The highest BCUT2D eigenvalue weighted by atomic mass is 35.5. The van der Waals surface area contributed by atoms with Gasteiger partial charge in [0.25, 0.3) is 5.91 Å². The highest BCUT2D eigenvalue weighted by Gasteiger charge is 2.39. The molecule has 8 nitrogen and oxygen atoms in total. The quantitative estimate of drug-likeness (QED) is 0.385. The molecule has 0 aliphatic carbocycles. The van der Waals surface area contributed by atoms with Gasteiger partial charge >= 0.3 is 5.97 Å². The van der Waals surface area contributed by atoms with Gasteiger partial charge in [-0.05, 0) is 70.9 Å². The normalized spacial score (nSPS) is 16.3. The van der Waals surface area contributed by atoms with E-state index >= 15 is 0 Å². The number of pyridine rings is 1. The van der Waals surface area contributed by atoms with E-state index in [1.165, 1.54) is 24.5 Å². The summed E-state index contributed by atoms with van der Waals surface area (Å²) in [5.41, 5.74) is 0.803. The number of carboxylic acids is 1. The summed E-state index contributed by atoms with van der Waals surface area (Å²) in [7, 11) is 0. The summed E-state index contributed by atoms with van der Waals surface area (Å²) >= 11 is 6.48. The molecule has 1 saturated heterocycles. The standard InChI is InChI=1S/C29H28ClN3O5/c1-28(2)12-20(13-29(3,4)38-28)33-26(34)17-8-9-25(23(30)11-17)37-24-7-5-6-21(22(24)14-31)18-10-19(27(35)36)16-32-15-18/h5-11,15-16,20H,12-13H2,1-4H3,(H,33,34)(H,35,36). The summed E-state index contributed by atoms with van der Waals surface area (Å²) in [6, 6.07) is 13.2. The van der Waals surface area contributed by atoms with Crippen LogP contribution in [-0.4, -0.2) is 39.2 Å². The molecule has 2 aromatic carbocycles. The lowest BCUT2D eigenvalue weighted by Crippen LogP contribution is -2.52. The molecule has 2 N–H and O–H groups in total. The Bertz CT molecular complexity index is 1430. The Kier molecular flexibility index (Phi) is 7.45.